The van der Waals surface area contributed by atoms with Crippen molar-refractivity contribution >= 4 is 22.3 Å². The predicted octanol–water partition coefficient (Wildman–Crippen LogP) is 3.09. The molecule has 2 aliphatic heterocycles. The molecule has 6 nitrogen and oxygen atoms in total. The molecule has 5 rings (SSSR count). The van der Waals surface area contributed by atoms with E-state index in [-0.39, 0.29) is 0 Å². The lowest BCUT2D eigenvalue weighted by Crippen LogP contribution is -2.47. The van der Waals surface area contributed by atoms with Crippen LogP contribution in [-0.4, -0.2) is 56.2 Å². The minimum absolute atomic E-state index is 0.845. The van der Waals surface area contributed by atoms with Crippen LogP contribution >= 0.6 is 0 Å². The van der Waals surface area contributed by atoms with E-state index in [9.17, 15) is 0 Å². The van der Waals surface area contributed by atoms with Crippen LogP contribution in [0.3, 0.4) is 0 Å². The van der Waals surface area contributed by atoms with E-state index in [0.29, 0.717) is 0 Å². The Hall–Kier alpha value is -3.12. The molecule has 0 saturated carbocycles. The van der Waals surface area contributed by atoms with Gasteiger partial charge < -0.3 is 15.1 Å². The summed E-state index contributed by atoms with van der Waals surface area (Å²) < 4.78 is 5.73. The largest absolute Gasteiger partial charge is 0.462 e. The van der Waals surface area contributed by atoms with Gasteiger partial charge in [0, 0.05) is 50.7 Å². The Labute approximate surface area is 171 Å². The minimum atomic E-state index is 0.845. The molecule has 1 aromatic heterocycles. The van der Waals surface area contributed by atoms with Gasteiger partial charge in [0.15, 0.2) is 5.58 Å². The first kappa shape index (κ1) is 17.9. The molecule has 6 heteroatoms. The van der Waals surface area contributed by atoms with Crippen LogP contribution in [0, 0.1) is 0 Å². The van der Waals surface area contributed by atoms with E-state index in [0.717, 1.165) is 56.1 Å². The van der Waals surface area contributed by atoms with Gasteiger partial charge in [-0.05, 0) is 24.3 Å². The molecule has 0 bridgehead atoms. The molecule has 0 spiro atoms. The highest BCUT2D eigenvalue weighted by Crippen LogP contribution is 2.29. The second-order valence-corrected chi connectivity index (χ2v) is 7.78. The van der Waals surface area contributed by atoms with Crippen molar-refractivity contribution in [3.05, 3.63) is 72.3 Å². The fourth-order valence-electron chi connectivity index (χ4n) is 4.37. The van der Waals surface area contributed by atoms with Crippen molar-refractivity contribution in [2.24, 2.45) is 5.73 Å². The number of piperazine rings is 1. The van der Waals surface area contributed by atoms with Gasteiger partial charge in [0.1, 0.15) is 5.82 Å². The summed E-state index contributed by atoms with van der Waals surface area (Å²) in [6.07, 6.45) is 1.77. The lowest BCUT2D eigenvalue weighted by atomic mass is 10.2. The maximum atomic E-state index is 6.45. The van der Waals surface area contributed by atoms with Gasteiger partial charge in [0.2, 0.25) is 0 Å². The molecule has 0 atom stereocenters. The SMILES string of the molecule is CN1C(N)=C(CN2CCN(c3cccc4ccoc34)CC2)CN1c1ccccc1. The molecule has 29 heavy (non-hydrogen) atoms. The maximum absolute atomic E-state index is 6.45. The molecular formula is C23H27N5O. The molecule has 2 aliphatic rings. The molecule has 3 heterocycles. The van der Waals surface area contributed by atoms with E-state index < -0.39 is 0 Å². The Morgan fingerprint density at radius 1 is 0.931 bits per heavy atom. The monoisotopic (exact) mass is 389 g/mol. The average molecular weight is 390 g/mol. The summed E-state index contributed by atoms with van der Waals surface area (Å²) in [5.41, 5.74) is 11.1. The normalized spacial score (nSPS) is 18.3. The quantitative estimate of drug-likeness (QED) is 0.740. The van der Waals surface area contributed by atoms with Crippen LogP contribution in [0.15, 0.2) is 76.7 Å². The highest BCUT2D eigenvalue weighted by molar-refractivity contribution is 5.89. The Morgan fingerprint density at radius 3 is 2.52 bits per heavy atom. The number of hydrogen-bond acceptors (Lipinski definition) is 6. The number of hydrogen-bond donors (Lipinski definition) is 1. The summed E-state index contributed by atoms with van der Waals surface area (Å²) in [5.74, 6) is 0.872. The van der Waals surface area contributed by atoms with Crippen LogP contribution in [0.4, 0.5) is 11.4 Å². The van der Waals surface area contributed by atoms with Crippen LogP contribution < -0.4 is 15.6 Å². The lowest BCUT2D eigenvalue weighted by molar-refractivity contribution is 0.277. The summed E-state index contributed by atoms with van der Waals surface area (Å²) in [6, 6.07) is 18.8. The highest BCUT2D eigenvalue weighted by atomic mass is 16.3. The van der Waals surface area contributed by atoms with Crippen molar-refractivity contribution in [3.8, 4) is 0 Å². The summed E-state index contributed by atoms with van der Waals surface area (Å²) in [4.78, 5) is 4.93. The van der Waals surface area contributed by atoms with E-state index in [4.69, 9.17) is 10.2 Å². The fourth-order valence-corrected chi connectivity index (χ4v) is 4.37. The third-order valence-corrected chi connectivity index (χ3v) is 6.05. The Kier molecular flexibility index (Phi) is 4.56. The number of nitrogens with zero attached hydrogens (tertiary/aromatic N) is 4. The molecular weight excluding hydrogens is 362 g/mol. The molecule has 0 unspecified atom stereocenters. The van der Waals surface area contributed by atoms with Crippen molar-refractivity contribution in [2.45, 2.75) is 0 Å². The van der Waals surface area contributed by atoms with Crippen molar-refractivity contribution in [1.82, 2.24) is 9.91 Å². The first-order chi connectivity index (χ1) is 14.2. The Bertz CT molecular complexity index is 1020. The van der Waals surface area contributed by atoms with Crippen LogP contribution in [0.25, 0.3) is 11.0 Å². The summed E-state index contributed by atoms with van der Waals surface area (Å²) in [5, 5.41) is 5.47. The molecule has 150 valence electrons. The zero-order valence-electron chi connectivity index (χ0n) is 16.8. The second-order valence-electron chi connectivity index (χ2n) is 7.78. The van der Waals surface area contributed by atoms with Gasteiger partial charge in [-0.1, -0.05) is 30.3 Å². The predicted molar refractivity (Wildman–Crippen MR) is 118 cm³/mol. The molecule has 0 aliphatic carbocycles. The van der Waals surface area contributed by atoms with Gasteiger partial charge in [-0.2, -0.15) is 0 Å². The van der Waals surface area contributed by atoms with Gasteiger partial charge in [-0.25, -0.2) is 0 Å². The minimum Gasteiger partial charge on any atom is -0.462 e. The first-order valence-electron chi connectivity index (χ1n) is 10.2. The van der Waals surface area contributed by atoms with Crippen molar-refractivity contribution in [2.75, 3.05) is 56.2 Å². The van der Waals surface area contributed by atoms with E-state index in [1.807, 2.05) is 19.2 Å². The van der Waals surface area contributed by atoms with Gasteiger partial charge in [0.05, 0.1) is 24.2 Å². The molecule has 2 N–H and O–H groups in total. The smallest absolute Gasteiger partial charge is 0.157 e. The number of furan rings is 1. The summed E-state index contributed by atoms with van der Waals surface area (Å²) in [6.45, 7) is 5.78. The number of rotatable bonds is 4. The third kappa shape index (κ3) is 3.29. The van der Waals surface area contributed by atoms with Gasteiger partial charge in [-0.3, -0.25) is 14.9 Å². The summed E-state index contributed by atoms with van der Waals surface area (Å²) >= 11 is 0. The van der Waals surface area contributed by atoms with E-state index in [2.05, 4.69) is 62.3 Å². The van der Waals surface area contributed by atoms with Gasteiger partial charge in [0.25, 0.3) is 0 Å². The van der Waals surface area contributed by atoms with E-state index >= 15 is 0 Å². The lowest BCUT2D eigenvalue weighted by Gasteiger charge is -2.36. The van der Waals surface area contributed by atoms with Crippen LogP contribution in [-0.2, 0) is 0 Å². The topological polar surface area (TPSA) is 52.1 Å². The first-order valence-corrected chi connectivity index (χ1v) is 10.2. The van der Waals surface area contributed by atoms with Crippen molar-refractivity contribution in [1.29, 1.82) is 0 Å². The molecule has 0 amide bonds. The van der Waals surface area contributed by atoms with Crippen LogP contribution in [0.5, 0.6) is 0 Å². The average Bonchev–Trinajstić information content (AvgIpc) is 3.35. The summed E-state index contributed by atoms with van der Waals surface area (Å²) in [7, 11) is 2.04. The fraction of sp³-hybridized carbons (Fsp3) is 0.304. The third-order valence-electron chi connectivity index (χ3n) is 6.05. The zero-order chi connectivity index (χ0) is 19.8. The van der Waals surface area contributed by atoms with Crippen molar-refractivity contribution in [3.63, 3.8) is 0 Å². The van der Waals surface area contributed by atoms with Gasteiger partial charge >= 0.3 is 0 Å². The number of para-hydroxylation sites is 2. The maximum Gasteiger partial charge on any atom is 0.157 e. The molecule has 1 saturated heterocycles. The highest BCUT2D eigenvalue weighted by Gasteiger charge is 2.28. The van der Waals surface area contributed by atoms with Crippen LogP contribution in [0.1, 0.15) is 0 Å². The second kappa shape index (κ2) is 7.37. The number of hydrazine groups is 1. The molecule has 0 radical (unpaired) electrons. The standard InChI is InChI=1S/C23H27N5O/c1-25-23(24)19(17-28(25)20-7-3-2-4-8-20)16-26-11-13-27(14-12-26)21-9-5-6-18-10-15-29-22(18)21/h2-10,15H,11-14,16-17,24H2,1H3. The number of benzene rings is 2. The van der Waals surface area contributed by atoms with Gasteiger partial charge in [-0.15, -0.1) is 0 Å². The molecule has 3 aromatic rings. The Morgan fingerprint density at radius 2 is 1.72 bits per heavy atom. The zero-order valence-corrected chi connectivity index (χ0v) is 16.8. The Balaban J connectivity index is 1.23. The van der Waals surface area contributed by atoms with Crippen LogP contribution in [0.2, 0.25) is 0 Å². The number of anilines is 2. The molecule has 2 aromatic carbocycles. The number of nitrogens with two attached hydrogens (primary N) is 1. The molecule has 1 fully saturated rings. The number of fused-ring (bicyclic) bond motifs is 1. The van der Waals surface area contributed by atoms with Crippen molar-refractivity contribution < 1.29 is 4.42 Å². The van der Waals surface area contributed by atoms with E-state index in [1.165, 1.54) is 16.9 Å². The van der Waals surface area contributed by atoms with E-state index in [1.54, 1.807) is 6.26 Å².